The molecule has 0 bridgehead atoms. The number of para-hydroxylation sites is 1. The molecule has 0 amide bonds. The van der Waals surface area contributed by atoms with Crippen molar-refractivity contribution in [1.82, 2.24) is 4.98 Å². The van der Waals surface area contributed by atoms with Crippen molar-refractivity contribution in [2.75, 3.05) is 5.32 Å². The average molecular weight is 420 g/mol. The molecular weight excluding hydrogens is 390 g/mol. The van der Waals surface area contributed by atoms with E-state index < -0.39 is 0 Å². The van der Waals surface area contributed by atoms with Crippen molar-refractivity contribution in [2.24, 2.45) is 22.7 Å². The zero-order valence-electron chi connectivity index (χ0n) is 17.8. The zero-order chi connectivity index (χ0) is 20.9. The second-order valence-electron chi connectivity index (χ2n) is 8.61. The Morgan fingerprint density at radius 1 is 1.10 bits per heavy atom. The third-order valence-corrected chi connectivity index (χ3v) is 6.85. The lowest BCUT2D eigenvalue weighted by molar-refractivity contribution is 0.334. The standard InChI is InChI=1S/C26H30ClN3/c1-18-8-6-15-29-26(30-21-9-4-3-5-10-21)22-13-12-20(19(2)16-23(18)22)17-25-24(27)11-7-14-28-25/h3-7,9-11,14-15,18-20H,8,12-13,16-17H2,1-2H3,(H,29,30)/b15-6+. The van der Waals surface area contributed by atoms with Crippen LogP contribution in [-0.2, 0) is 6.42 Å². The van der Waals surface area contributed by atoms with Crippen LogP contribution in [0.15, 0.2) is 77.1 Å². The lowest BCUT2D eigenvalue weighted by Crippen LogP contribution is -2.19. The molecule has 3 atom stereocenters. The second-order valence-corrected chi connectivity index (χ2v) is 9.02. The van der Waals surface area contributed by atoms with Gasteiger partial charge in [-0.25, -0.2) is 4.99 Å². The number of rotatable bonds is 3. The number of allylic oxidation sites excluding steroid dienone is 2. The van der Waals surface area contributed by atoms with E-state index in [4.69, 9.17) is 16.6 Å². The van der Waals surface area contributed by atoms with E-state index >= 15 is 0 Å². The van der Waals surface area contributed by atoms with Crippen molar-refractivity contribution in [1.29, 1.82) is 0 Å². The van der Waals surface area contributed by atoms with Crippen molar-refractivity contribution in [3.8, 4) is 0 Å². The lowest BCUT2D eigenvalue weighted by atomic mass is 9.82. The molecule has 0 radical (unpaired) electrons. The first-order valence-corrected chi connectivity index (χ1v) is 11.4. The highest BCUT2D eigenvalue weighted by Gasteiger charge is 2.29. The van der Waals surface area contributed by atoms with Crippen LogP contribution in [0, 0.1) is 17.8 Å². The third-order valence-electron chi connectivity index (χ3n) is 6.51. The highest BCUT2D eigenvalue weighted by atomic mass is 35.5. The highest BCUT2D eigenvalue weighted by Crippen LogP contribution is 2.39. The molecule has 2 heterocycles. The molecule has 0 saturated carbocycles. The molecule has 1 N–H and O–H groups in total. The van der Waals surface area contributed by atoms with Gasteiger partial charge < -0.3 is 5.32 Å². The third kappa shape index (κ3) is 4.84. The van der Waals surface area contributed by atoms with Gasteiger partial charge in [0.25, 0.3) is 0 Å². The first-order chi connectivity index (χ1) is 14.6. The van der Waals surface area contributed by atoms with Gasteiger partial charge in [-0.1, -0.05) is 55.3 Å². The molecule has 0 spiro atoms. The first-order valence-electron chi connectivity index (χ1n) is 11.0. The van der Waals surface area contributed by atoms with Gasteiger partial charge in [-0.15, -0.1) is 0 Å². The van der Waals surface area contributed by atoms with E-state index in [1.54, 1.807) is 5.57 Å². The second kappa shape index (κ2) is 9.61. The molecule has 1 aliphatic heterocycles. The van der Waals surface area contributed by atoms with E-state index in [9.17, 15) is 0 Å². The van der Waals surface area contributed by atoms with E-state index in [2.05, 4.69) is 54.5 Å². The minimum Gasteiger partial charge on any atom is -0.340 e. The van der Waals surface area contributed by atoms with E-state index in [-0.39, 0.29) is 0 Å². The summed E-state index contributed by atoms with van der Waals surface area (Å²) in [5, 5.41) is 4.38. The van der Waals surface area contributed by atoms with Gasteiger partial charge in [-0.2, -0.15) is 0 Å². The fourth-order valence-electron chi connectivity index (χ4n) is 4.68. The Bertz CT molecular complexity index is 961. The van der Waals surface area contributed by atoms with Gasteiger partial charge in [0.1, 0.15) is 5.84 Å². The minimum atomic E-state index is 0.527. The van der Waals surface area contributed by atoms with E-state index in [1.165, 1.54) is 5.57 Å². The average Bonchev–Trinajstić information content (AvgIpc) is 2.90. The zero-order valence-corrected chi connectivity index (χ0v) is 18.6. The molecule has 30 heavy (non-hydrogen) atoms. The number of amidine groups is 1. The number of nitrogens with zero attached hydrogens (tertiary/aromatic N) is 2. The fraction of sp³-hybridized carbons (Fsp3) is 0.385. The Balaban J connectivity index is 1.61. The minimum absolute atomic E-state index is 0.527. The predicted octanol–water partition coefficient (Wildman–Crippen LogP) is 7.07. The summed E-state index contributed by atoms with van der Waals surface area (Å²) >= 11 is 6.42. The van der Waals surface area contributed by atoms with Crippen molar-refractivity contribution >= 4 is 23.1 Å². The maximum atomic E-state index is 6.42. The molecule has 1 aromatic heterocycles. The van der Waals surface area contributed by atoms with Crippen LogP contribution in [0.3, 0.4) is 0 Å². The van der Waals surface area contributed by atoms with E-state index in [0.29, 0.717) is 17.8 Å². The number of pyridine rings is 1. The van der Waals surface area contributed by atoms with Crippen molar-refractivity contribution < 1.29 is 0 Å². The summed E-state index contributed by atoms with van der Waals surface area (Å²) in [5.74, 6) is 2.67. The molecular formula is C26H30ClN3. The van der Waals surface area contributed by atoms with Crippen LogP contribution < -0.4 is 5.32 Å². The van der Waals surface area contributed by atoms with Gasteiger partial charge >= 0.3 is 0 Å². The topological polar surface area (TPSA) is 37.3 Å². The number of aliphatic imine (C=N–C) groups is 1. The van der Waals surface area contributed by atoms with Gasteiger partial charge in [0, 0.05) is 18.1 Å². The summed E-state index contributed by atoms with van der Waals surface area (Å²) in [6.07, 6.45) is 11.3. The maximum Gasteiger partial charge on any atom is 0.133 e. The van der Waals surface area contributed by atoms with Crippen LogP contribution in [0.2, 0.25) is 5.02 Å². The van der Waals surface area contributed by atoms with Gasteiger partial charge in [0.2, 0.25) is 0 Å². The summed E-state index contributed by atoms with van der Waals surface area (Å²) in [5.41, 5.74) is 5.07. The van der Waals surface area contributed by atoms with Crippen LogP contribution in [0.1, 0.15) is 45.2 Å². The van der Waals surface area contributed by atoms with Crippen LogP contribution in [0.5, 0.6) is 0 Å². The first kappa shape index (κ1) is 20.9. The maximum absolute atomic E-state index is 6.42. The predicted molar refractivity (Wildman–Crippen MR) is 127 cm³/mol. The number of hydrogen-bond donors (Lipinski definition) is 1. The number of hydrogen-bond acceptors (Lipinski definition) is 3. The van der Waals surface area contributed by atoms with E-state index in [0.717, 1.165) is 54.3 Å². The number of benzene rings is 1. The van der Waals surface area contributed by atoms with Gasteiger partial charge in [-0.05, 0) is 79.7 Å². The Labute approximate surface area is 185 Å². The SMILES string of the molecule is CC1C/C=C/N=C(Nc2ccccc2)C2=C1CC(C)C(Cc1ncccc1Cl)CC2. The number of anilines is 1. The number of halogens is 1. The molecule has 156 valence electrons. The molecule has 4 rings (SSSR count). The largest absolute Gasteiger partial charge is 0.340 e. The van der Waals surface area contributed by atoms with Gasteiger partial charge in [-0.3, -0.25) is 4.98 Å². The van der Waals surface area contributed by atoms with E-state index in [1.807, 2.05) is 30.6 Å². The molecule has 3 nitrogen and oxygen atoms in total. The Kier molecular flexibility index (Phi) is 6.69. The van der Waals surface area contributed by atoms with Crippen LogP contribution in [0.25, 0.3) is 0 Å². The number of nitrogens with one attached hydrogen (secondary N) is 1. The summed E-state index contributed by atoms with van der Waals surface area (Å²) in [4.78, 5) is 9.37. The van der Waals surface area contributed by atoms with Crippen LogP contribution in [0.4, 0.5) is 5.69 Å². The summed E-state index contributed by atoms with van der Waals surface area (Å²) < 4.78 is 0. The summed E-state index contributed by atoms with van der Waals surface area (Å²) in [7, 11) is 0. The Morgan fingerprint density at radius 2 is 1.93 bits per heavy atom. The van der Waals surface area contributed by atoms with Crippen LogP contribution in [-0.4, -0.2) is 10.8 Å². The molecule has 1 aliphatic carbocycles. The quantitative estimate of drug-likeness (QED) is 0.577. The molecule has 1 aromatic carbocycles. The monoisotopic (exact) mass is 419 g/mol. The van der Waals surface area contributed by atoms with Gasteiger partial charge in [0.05, 0.1) is 10.7 Å². The van der Waals surface area contributed by atoms with Crippen molar-refractivity contribution in [3.63, 3.8) is 0 Å². The highest BCUT2D eigenvalue weighted by molar-refractivity contribution is 6.31. The van der Waals surface area contributed by atoms with Crippen LogP contribution >= 0.6 is 11.6 Å². The molecule has 0 saturated heterocycles. The molecule has 2 aliphatic rings. The lowest BCUT2D eigenvalue weighted by Gasteiger charge is -2.25. The fourth-order valence-corrected chi connectivity index (χ4v) is 4.88. The normalized spacial score (nSPS) is 25.4. The Hall–Kier alpha value is -2.39. The van der Waals surface area contributed by atoms with Crippen molar-refractivity contribution in [2.45, 2.75) is 46.0 Å². The molecule has 2 aromatic rings. The summed E-state index contributed by atoms with van der Waals surface area (Å²) in [6, 6.07) is 14.2. The molecule has 4 heteroatoms. The number of aromatic nitrogens is 1. The smallest absolute Gasteiger partial charge is 0.133 e. The molecule has 0 fully saturated rings. The van der Waals surface area contributed by atoms with Crippen molar-refractivity contribution in [3.05, 3.63) is 82.8 Å². The van der Waals surface area contributed by atoms with Gasteiger partial charge in [0.15, 0.2) is 0 Å². The summed E-state index contributed by atoms with van der Waals surface area (Å²) in [6.45, 7) is 4.74. The Morgan fingerprint density at radius 3 is 2.73 bits per heavy atom. The molecule has 3 unspecified atom stereocenters.